The van der Waals surface area contributed by atoms with Crippen LogP contribution in [0.2, 0.25) is 0 Å². The van der Waals surface area contributed by atoms with Crippen molar-refractivity contribution in [3.63, 3.8) is 0 Å². The fourth-order valence-electron chi connectivity index (χ4n) is 6.51. The Hall–Kier alpha value is -1.07. The fraction of sp³-hybridized carbons (Fsp3) is 0.857. The maximum absolute atomic E-state index is 12.6. The molecule has 0 aromatic heterocycles. The molecule has 2 fully saturated rings. The van der Waals surface area contributed by atoms with Gasteiger partial charge < -0.3 is 19.7 Å². The lowest BCUT2D eigenvalue weighted by molar-refractivity contribution is -0.258. The average Bonchev–Trinajstić information content (AvgIpc) is 2.51. The lowest BCUT2D eigenvalue weighted by Crippen LogP contribution is -2.67. The van der Waals surface area contributed by atoms with E-state index in [4.69, 9.17) is 9.47 Å². The van der Waals surface area contributed by atoms with Crippen LogP contribution in [-0.2, 0) is 14.3 Å². The van der Waals surface area contributed by atoms with Gasteiger partial charge in [-0.15, -0.1) is 0 Å². The monoisotopic (exact) mass is 364 g/mol. The minimum atomic E-state index is -0.607. The third-order valence-corrected chi connectivity index (χ3v) is 8.19. The van der Waals surface area contributed by atoms with Gasteiger partial charge in [0.2, 0.25) is 0 Å². The number of rotatable bonds is 0. The number of ketones is 1. The number of fused-ring (bicyclic) bond motifs is 3. The first-order valence-electron chi connectivity index (χ1n) is 9.98. The number of hydrogen-bond donors (Lipinski definition) is 2. The van der Waals surface area contributed by atoms with Gasteiger partial charge in [-0.3, -0.25) is 4.79 Å². The molecule has 0 unspecified atom stereocenters. The Labute approximate surface area is 155 Å². The highest BCUT2D eigenvalue weighted by atomic mass is 16.7. The van der Waals surface area contributed by atoms with Crippen molar-refractivity contribution in [2.45, 2.75) is 90.6 Å². The van der Waals surface area contributed by atoms with Crippen molar-refractivity contribution in [2.75, 3.05) is 0 Å². The van der Waals surface area contributed by atoms with E-state index in [-0.39, 0.29) is 29.1 Å². The Morgan fingerprint density at radius 1 is 1.04 bits per heavy atom. The second-order valence-corrected chi connectivity index (χ2v) is 10.0. The van der Waals surface area contributed by atoms with Crippen LogP contribution in [0, 0.1) is 22.7 Å². The SMILES string of the molecule is C[C@@H]1CC(=O)C2=C(O1)O[C@]1(C)CC[C@@H]3C(C)(C)[C@H](O)C[C@H](O)[C@]3(C)[C@@H]1C2. The first kappa shape index (κ1) is 18.3. The van der Waals surface area contributed by atoms with Crippen LogP contribution in [0.3, 0.4) is 0 Å². The van der Waals surface area contributed by atoms with Crippen LogP contribution in [0.4, 0.5) is 0 Å². The lowest BCUT2D eigenvalue weighted by Gasteiger charge is -2.65. The van der Waals surface area contributed by atoms with E-state index in [1.54, 1.807) is 0 Å². The summed E-state index contributed by atoms with van der Waals surface area (Å²) in [5.41, 5.74) is -0.479. The number of Topliss-reactive ketones (excluding diaryl/α,β-unsaturated/α-hetero) is 1. The molecule has 2 N–H and O–H groups in total. The largest absolute Gasteiger partial charge is 0.462 e. The molecule has 146 valence electrons. The number of carbonyl (C=O) groups excluding carboxylic acids is 1. The summed E-state index contributed by atoms with van der Waals surface area (Å²) in [5.74, 6) is 0.724. The lowest BCUT2D eigenvalue weighted by atomic mass is 9.43. The van der Waals surface area contributed by atoms with E-state index in [9.17, 15) is 15.0 Å². The summed E-state index contributed by atoms with van der Waals surface area (Å²) in [4.78, 5) is 12.6. The standard InChI is InChI=1S/C21H32O5/c1-11-8-13(22)12-9-15-20(4,26-18(12)25-11)7-6-14-19(2,3)16(23)10-17(24)21(14,15)5/h11,14-17,23-24H,6-10H2,1-5H3/t11-,14-,15-,16-,17+,20-,21+/m1/s1. The van der Waals surface area contributed by atoms with Crippen molar-refractivity contribution >= 4 is 5.78 Å². The Bertz CT molecular complexity index is 667. The van der Waals surface area contributed by atoms with Crippen LogP contribution in [0.15, 0.2) is 11.5 Å². The van der Waals surface area contributed by atoms with Gasteiger partial charge >= 0.3 is 0 Å². The molecule has 2 heterocycles. The van der Waals surface area contributed by atoms with E-state index in [0.717, 1.165) is 12.8 Å². The van der Waals surface area contributed by atoms with Crippen molar-refractivity contribution in [1.82, 2.24) is 0 Å². The van der Waals surface area contributed by atoms with Crippen LogP contribution in [0.5, 0.6) is 0 Å². The molecule has 0 radical (unpaired) electrons. The second-order valence-electron chi connectivity index (χ2n) is 10.0. The molecule has 2 saturated carbocycles. The average molecular weight is 364 g/mol. The minimum absolute atomic E-state index is 0.0234. The normalized spacial score (nSPS) is 50.1. The second kappa shape index (κ2) is 5.48. The van der Waals surface area contributed by atoms with Gasteiger partial charge in [0.1, 0.15) is 11.7 Å². The number of carbonyl (C=O) groups is 1. The molecule has 7 atom stereocenters. The predicted octanol–water partition coefficient (Wildman–Crippen LogP) is 2.94. The maximum Gasteiger partial charge on any atom is 0.286 e. The molecule has 5 nitrogen and oxygen atoms in total. The highest BCUT2D eigenvalue weighted by Crippen LogP contribution is 2.65. The van der Waals surface area contributed by atoms with Crippen LogP contribution in [0.25, 0.3) is 0 Å². The van der Waals surface area contributed by atoms with Gasteiger partial charge in [0, 0.05) is 24.2 Å². The van der Waals surface area contributed by atoms with E-state index in [0.29, 0.717) is 30.8 Å². The van der Waals surface area contributed by atoms with Crippen molar-refractivity contribution in [2.24, 2.45) is 22.7 Å². The van der Waals surface area contributed by atoms with Gasteiger partial charge in [-0.2, -0.15) is 0 Å². The molecular formula is C21H32O5. The number of aliphatic hydroxyl groups excluding tert-OH is 2. The number of hydrogen-bond acceptors (Lipinski definition) is 5. The van der Waals surface area contributed by atoms with Crippen LogP contribution >= 0.6 is 0 Å². The molecule has 2 aliphatic carbocycles. The minimum Gasteiger partial charge on any atom is -0.462 e. The summed E-state index contributed by atoms with van der Waals surface area (Å²) in [6.07, 6.45) is 1.80. The molecule has 4 aliphatic rings. The third-order valence-electron chi connectivity index (χ3n) is 8.19. The third kappa shape index (κ3) is 2.26. The summed E-state index contributed by atoms with van der Waals surface area (Å²) in [7, 11) is 0. The molecule has 5 heteroatoms. The van der Waals surface area contributed by atoms with Gasteiger partial charge in [0.15, 0.2) is 5.78 Å². The molecule has 2 aliphatic heterocycles. The highest BCUT2D eigenvalue weighted by Gasteiger charge is 2.66. The summed E-state index contributed by atoms with van der Waals surface area (Å²) < 4.78 is 12.2. The maximum atomic E-state index is 12.6. The van der Waals surface area contributed by atoms with Crippen molar-refractivity contribution < 1.29 is 24.5 Å². The van der Waals surface area contributed by atoms with E-state index < -0.39 is 23.2 Å². The Kier molecular flexibility index (Phi) is 3.86. The molecule has 4 rings (SSSR count). The molecule has 26 heavy (non-hydrogen) atoms. The van der Waals surface area contributed by atoms with Crippen LogP contribution in [-0.4, -0.2) is 39.9 Å². The highest BCUT2D eigenvalue weighted by molar-refractivity contribution is 5.96. The van der Waals surface area contributed by atoms with Crippen molar-refractivity contribution in [1.29, 1.82) is 0 Å². The summed E-state index contributed by atoms with van der Waals surface area (Å²) in [6, 6.07) is 0. The summed E-state index contributed by atoms with van der Waals surface area (Å²) in [5, 5.41) is 21.7. The van der Waals surface area contributed by atoms with E-state index in [1.165, 1.54) is 0 Å². The quantitative estimate of drug-likeness (QED) is 0.691. The van der Waals surface area contributed by atoms with Gasteiger partial charge in [-0.05, 0) is 44.4 Å². The van der Waals surface area contributed by atoms with Gasteiger partial charge in [-0.25, -0.2) is 0 Å². The fourth-order valence-corrected chi connectivity index (χ4v) is 6.51. The smallest absolute Gasteiger partial charge is 0.286 e. The zero-order valence-electron chi connectivity index (χ0n) is 16.5. The number of ether oxygens (including phenoxy) is 2. The van der Waals surface area contributed by atoms with E-state index in [1.807, 2.05) is 6.92 Å². The Balaban J connectivity index is 1.78. The predicted molar refractivity (Wildman–Crippen MR) is 96.0 cm³/mol. The molecule has 0 amide bonds. The van der Waals surface area contributed by atoms with Gasteiger partial charge in [0.25, 0.3) is 5.95 Å². The molecule has 0 aromatic rings. The van der Waals surface area contributed by atoms with Gasteiger partial charge in [0.05, 0.1) is 17.8 Å². The van der Waals surface area contributed by atoms with E-state index >= 15 is 0 Å². The molecule has 0 bridgehead atoms. The Morgan fingerprint density at radius 2 is 1.73 bits per heavy atom. The number of allylic oxidation sites excluding steroid dienone is 1. The first-order chi connectivity index (χ1) is 12.0. The van der Waals surface area contributed by atoms with Crippen molar-refractivity contribution in [3.8, 4) is 0 Å². The van der Waals surface area contributed by atoms with Gasteiger partial charge in [-0.1, -0.05) is 20.8 Å². The zero-order valence-corrected chi connectivity index (χ0v) is 16.5. The van der Waals surface area contributed by atoms with Crippen LogP contribution < -0.4 is 0 Å². The molecular weight excluding hydrogens is 332 g/mol. The van der Waals surface area contributed by atoms with E-state index in [2.05, 4.69) is 27.7 Å². The first-order valence-corrected chi connectivity index (χ1v) is 9.98. The molecule has 0 spiro atoms. The van der Waals surface area contributed by atoms with Crippen molar-refractivity contribution in [3.05, 3.63) is 11.5 Å². The molecule has 0 saturated heterocycles. The zero-order chi connectivity index (χ0) is 19.1. The molecule has 0 aromatic carbocycles. The summed E-state index contributed by atoms with van der Waals surface area (Å²) in [6.45, 7) is 10.4. The summed E-state index contributed by atoms with van der Waals surface area (Å²) >= 11 is 0. The van der Waals surface area contributed by atoms with Crippen LogP contribution in [0.1, 0.15) is 66.7 Å². The topological polar surface area (TPSA) is 76.0 Å². The number of aliphatic hydroxyl groups is 2. The Morgan fingerprint density at radius 3 is 2.42 bits per heavy atom.